The van der Waals surface area contributed by atoms with Crippen LogP contribution in [0.5, 0.6) is 0 Å². The predicted molar refractivity (Wildman–Crippen MR) is 40.2 cm³/mol. The number of nitrogens with zero attached hydrogens (tertiary/aromatic N) is 1. The lowest BCUT2D eigenvalue weighted by molar-refractivity contribution is 0.326. The van der Waals surface area contributed by atoms with Crippen molar-refractivity contribution in [3.05, 3.63) is 12.5 Å². The van der Waals surface area contributed by atoms with E-state index in [9.17, 15) is 4.39 Å². The van der Waals surface area contributed by atoms with Crippen molar-refractivity contribution in [1.29, 1.82) is 0 Å². The summed E-state index contributed by atoms with van der Waals surface area (Å²) < 4.78 is 13.0. The van der Waals surface area contributed by atoms with Gasteiger partial charge in [-0.15, -0.1) is 0 Å². The molecule has 1 aliphatic rings. The SMILES string of the molecule is FC1(CNc2cnc[nH]2)CC1. The molecule has 1 aliphatic carbocycles. The van der Waals surface area contributed by atoms with Gasteiger partial charge < -0.3 is 10.3 Å². The number of alkyl halides is 1. The standard InChI is InChI=1S/C7H10FN3/c8-7(1-2-7)4-10-6-3-9-5-11-6/h3,5,10H,1-2,4H2,(H,9,11). The molecule has 1 heterocycles. The third-order valence-corrected chi connectivity index (χ3v) is 1.89. The van der Waals surface area contributed by atoms with Gasteiger partial charge >= 0.3 is 0 Å². The van der Waals surface area contributed by atoms with Gasteiger partial charge in [0.1, 0.15) is 11.5 Å². The van der Waals surface area contributed by atoms with Crippen molar-refractivity contribution in [1.82, 2.24) is 9.97 Å². The first-order valence-electron chi connectivity index (χ1n) is 3.70. The second kappa shape index (κ2) is 2.22. The van der Waals surface area contributed by atoms with Crippen LogP contribution in [0.15, 0.2) is 12.5 Å². The van der Waals surface area contributed by atoms with Gasteiger partial charge in [-0.1, -0.05) is 0 Å². The van der Waals surface area contributed by atoms with Gasteiger partial charge in [0.05, 0.1) is 19.1 Å². The average Bonchev–Trinajstić information content (AvgIpc) is 2.53. The number of hydrogen-bond acceptors (Lipinski definition) is 2. The Kier molecular flexibility index (Phi) is 1.34. The van der Waals surface area contributed by atoms with E-state index in [1.807, 2.05) is 0 Å². The van der Waals surface area contributed by atoms with Crippen molar-refractivity contribution >= 4 is 5.82 Å². The second-order valence-electron chi connectivity index (χ2n) is 2.97. The molecule has 4 heteroatoms. The van der Waals surface area contributed by atoms with Crippen molar-refractivity contribution < 1.29 is 4.39 Å². The molecule has 0 amide bonds. The Morgan fingerprint density at radius 3 is 3.09 bits per heavy atom. The van der Waals surface area contributed by atoms with Crippen LogP contribution in [-0.2, 0) is 0 Å². The normalized spacial score (nSPS) is 19.7. The Labute approximate surface area is 64.0 Å². The zero-order valence-electron chi connectivity index (χ0n) is 6.10. The molecule has 1 aromatic heterocycles. The van der Waals surface area contributed by atoms with E-state index >= 15 is 0 Å². The quantitative estimate of drug-likeness (QED) is 0.691. The van der Waals surface area contributed by atoms with Gasteiger partial charge in [0.15, 0.2) is 0 Å². The zero-order valence-corrected chi connectivity index (χ0v) is 6.10. The zero-order chi connectivity index (χ0) is 7.73. The van der Waals surface area contributed by atoms with Gasteiger partial charge in [-0.05, 0) is 12.8 Å². The molecule has 3 nitrogen and oxygen atoms in total. The predicted octanol–water partition coefficient (Wildman–Crippen LogP) is 1.32. The highest BCUT2D eigenvalue weighted by Crippen LogP contribution is 2.39. The summed E-state index contributed by atoms with van der Waals surface area (Å²) in [4.78, 5) is 6.65. The Morgan fingerprint density at radius 1 is 1.73 bits per heavy atom. The largest absolute Gasteiger partial charge is 0.367 e. The van der Waals surface area contributed by atoms with Crippen LogP contribution in [0.1, 0.15) is 12.8 Å². The van der Waals surface area contributed by atoms with Crippen molar-refractivity contribution in [2.75, 3.05) is 11.9 Å². The monoisotopic (exact) mass is 155 g/mol. The first-order chi connectivity index (χ1) is 5.29. The molecule has 60 valence electrons. The highest BCUT2D eigenvalue weighted by molar-refractivity contribution is 5.31. The summed E-state index contributed by atoms with van der Waals surface area (Å²) in [7, 11) is 0. The molecule has 0 atom stereocenters. The molecule has 0 spiro atoms. The van der Waals surface area contributed by atoms with Crippen LogP contribution in [0, 0.1) is 0 Å². The van der Waals surface area contributed by atoms with Crippen LogP contribution in [-0.4, -0.2) is 22.2 Å². The van der Waals surface area contributed by atoms with E-state index in [-0.39, 0.29) is 0 Å². The highest BCUT2D eigenvalue weighted by Gasteiger charge is 2.42. The number of H-pyrrole nitrogens is 1. The molecule has 0 saturated heterocycles. The molecule has 1 aromatic rings. The van der Waals surface area contributed by atoms with Crippen LogP contribution in [0.3, 0.4) is 0 Å². The fourth-order valence-electron chi connectivity index (χ4n) is 0.919. The molecule has 2 N–H and O–H groups in total. The summed E-state index contributed by atoms with van der Waals surface area (Å²) in [5.41, 5.74) is -0.939. The Hall–Kier alpha value is -1.06. The summed E-state index contributed by atoms with van der Waals surface area (Å²) >= 11 is 0. The van der Waals surface area contributed by atoms with Gasteiger partial charge in [-0.2, -0.15) is 0 Å². The summed E-state index contributed by atoms with van der Waals surface area (Å²) in [5, 5.41) is 2.93. The van der Waals surface area contributed by atoms with Gasteiger partial charge in [0.25, 0.3) is 0 Å². The van der Waals surface area contributed by atoms with E-state index in [0.717, 1.165) is 5.82 Å². The molecule has 1 fully saturated rings. The summed E-state index contributed by atoms with van der Waals surface area (Å²) in [6.45, 7) is 0.398. The lowest BCUT2D eigenvalue weighted by atomic mass is 10.4. The maximum atomic E-state index is 13.0. The van der Waals surface area contributed by atoms with Crippen LogP contribution >= 0.6 is 0 Å². The highest BCUT2D eigenvalue weighted by atomic mass is 19.1. The fourth-order valence-corrected chi connectivity index (χ4v) is 0.919. The minimum absolute atomic E-state index is 0.398. The van der Waals surface area contributed by atoms with Crippen LogP contribution in [0.25, 0.3) is 0 Å². The maximum Gasteiger partial charge on any atom is 0.128 e. The van der Waals surface area contributed by atoms with Gasteiger partial charge in [-0.3, -0.25) is 0 Å². The fraction of sp³-hybridized carbons (Fsp3) is 0.571. The summed E-state index contributed by atoms with van der Waals surface area (Å²) in [6.07, 6.45) is 4.59. The van der Waals surface area contributed by atoms with E-state index in [2.05, 4.69) is 15.3 Å². The first kappa shape index (κ1) is 6.64. The molecule has 0 unspecified atom stereocenters. The summed E-state index contributed by atoms with van der Waals surface area (Å²) in [5.74, 6) is 0.786. The van der Waals surface area contributed by atoms with E-state index in [1.54, 1.807) is 12.5 Å². The van der Waals surface area contributed by atoms with E-state index in [1.165, 1.54) is 0 Å². The second-order valence-corrected chi connectivity index (χ2v) is 2.97. The Bertz CT molecular complexity index is 228. The van der Waals surface area contributed by atoms with Crippen molar-refractivity contribution in [2.45, 2.75) is 18.5 Å². The van der Waals surface area contributed by atoms with E-state index < -0.39 is 5.67 Å². The van der Waals surface area contributed by atoms with Crippen LogP contribution in [0.2, 0.25) is 0 Å². The van der Waals surface area contributed by atoms with Crippen LogP contribution in [0.4, 0.5) is 10.2 Å². The Balaban J connectivity index is 1.83. The topological polar surface area (TPSA) is 40.7 Å². The number of halogens is 1. The molecule has 0 bridgehead atoms. The third kappa shape index (κ3) is 1.50. The number of rotatable bonds is 3. The van der Waals surface area contributed by atoms with Gasteiger partial charge in [0.2, 0.25) is 0 Å². The number of anilines is 1. The maximum absolute atomic E-state index is 13.0. The van der Waals surface area contributed by atoms with Gasteiger partial charge in [-0.25, -0.2) is 9.37 Å². The summed E-state index contributed by atoms with van der Waals surface area (Å²) in [6, 6.07) is 0. The molecule has 0 aliphatic heterocycles. The average molecular weight is 155 g/mol. The number of aromatic nitrogens is 2. The smallest absolute Gasteiger partial charge is 0.128 e. The lowest BCUT2D eigenvalue weighted by Gasteiger charge is -2.05. The lowest BCUT2D eigenvalue weighted by Crippen LogP contribution is -2.15. The van der Waals surface area contributed by atoms with Crippen molar-refractivity contribution in [2.24, 2.45) is 0 Å². The minimum Gasteiger partial charge on any atom is -0.367 e. The minimum atomic E-state index is -0.939. The molecule has 2 rings (SSSR count). The van der Waals surface area contributed by atoms with Crippen molar-refractivity contribution in [3.8, 4) is 0 Å². The Morgan fingerprint density at radius 2 is 2.55 bits per heavy atom. The number of imidazole rings is 1. The first-order valence-corrected chi connectivity index (χ1v) is 3.70. The van der Waals surface area contributed by atoms with E-state index in [0.29, 0.717) is 19.4 Å². The molecule has 0 aromatic carbocycles. The molecule has 1 saturated carbocycles. The number of nitrogens with one attached hydrogen (secondary N) is 2. The molecule has 11 heavy (non-hydrogen) atoms. The van der Waals surface area contributed by atoms with Crippen LogP contribution < -0.4 is 5.32 Å². The third-order valence-electron chi connectivity index (χ3n) is 1.89. The molecule has 0 radical (unpaired) electrons. The molecular formula is C7H10FN3. The number of hydrogen-bond donors (Lipinski definition) is 2. The van der Waals surface area contributed by atoms with Crippen molar-refractivity contribution in [3.63, 3.8) is 0 Å². The van der Waals surface area contributed by atoms with E-state index in [4.69, 9.17) is 0 Å². The molecular weight excluding hydrogens is 145 g/mol. The van der Waals surface area contributed by atoms with Gasteiger partial charge in [0, 0.05) is 0 Å². The number of aromatic amines is 1.